The summed E-state index contributed by atoms with van der Waals surface area (Å²) in [7, 11) is -2.95. The van der Waals surface area contributed by atoms with Crippen LogP contribution in [0.1, 0.15) is 51.7 Å². The molecule has 1 aromatic carbocycles. The van der Waals surface area contributed by atoms with Gasteiger partial charge in [0.05, 0.1) is 12.3 Å². The summed E-state index contributed by atoms with van der Waals surface area (Å²) in [5, 5.41) is 6.54. The monoisotopic (exact) mass is 436 g/mol. The summed E-state index contributed by atoms with van der Waals surface area (Å²) in [5.74, 6) is 2.45. The van der Waals surface area contributed by atoms with Crippen molar-refractivity contribution >= 4 is 15.8 Å². The molecule has 30 heavy (non-hydrogen) atoms. The second-order valence-corrected chi connectivity index (χ2v) is 11.4. The fourth-order valence-corrected chi connectivity index (χ4v) is 4.90. The average molecular weight is 437 g/mol. The molecule has 1 aromatic rings. The van der Waals surface area contributed by atoms with Gasteiger partial charge in [0.1, 0.15) is 9.84 Å². The maximum Gasteiger partial charge on any atom is 0.191 e. The van der Waals surface area contributed by atoms with Crippen LogP contribution in [0.3, 0.4) is 0 Å². The minimum atomic E-state index is -2.95. The van der Waals surface area contributed by atoms with E-state index in [4.69, 9.17) is 0 Å². The van der Waals surface area contributed by atoms with Crippen molar-refractivity contribution in [2.75, 3.05) is 31.6 Å². The summed E-state index contributed by atoms with van der Waals surface area (Å²) in [6.07, 6.45) is 3.17. The first-order valence-corrected chi connectivity index (χ1v) is 13.2. The molecule has 1 saturated heterocycles. The molecule has 0 spiro atoms. The van der Waals surface area contributed by atoms with Crippen LogP contribution in [0.2, 0.25) is 0 Å². The van der Waals surface area contributed by atoms with Crippen molar-refractivity contribution < 1.29 is 8.42 Å². The second-order valence-electron chi connectivity index (χ2n) is 9.12. The van der Waals surface area contributed by atoms with Gasteiger partial charge in [-0.1, -0.05) is 38.1 Å². The van der Waals surface area contributed by atoms with Crippen LogP contribution < -0.4 is 10.6 Å². The van der Waals surface area contributed by atoms with E-state index in [-0.39, 0.29) is 11.8 Å². The number of piperidine rings is 1. The Morgan fingerprint density at radius 1 is 1.17 bits per heavy atom. The number of benzene rings is 1. The number of aliphatic imine (C=N–C) groups is 1. The summed E-state index contributed by atoms with van der Waals surface area (Å²) < 4.78 is 22.7. The number of nitrogens with zero attached hydrogens (tertiary/aromatic N) is 2. The predicted octanol–water partition coefficient (Wildman–Crippen LogP) is 3.04. The fourth-order valence-electron chi connectivity index (χ4n) is 4.12. The van der Waals surface area contributed by atoms with Crippen LogP contribution in [-0.4, -0.2) is 57.0 Å². The molecule has 0 radical (unpaired) electrons. The smallest absolute Gasteiger partial charge is 0.191 e. The zero-order valence-corrected chi connectivity index (χ0v) is 20.1. The van der Waals surface area contributed by atoms with E-state index in [2.05, 4.69) is 58.6 Å². The zero-order chi connectivity index (χ0) is 22.1. The lowest BCUT2D eigenvalue weighted by Gasteiger charge is -2.35. The number of likely N-dealkylation sites (tertiary alicyclic amines) is 1. The van der Waals surface area contributed by atoms with Crippen molar-refractivity contribution in [3.8, 4) is 0 Å². The Labute approximate surface area is 183 Å². The Morgan fingerprint density at radius 3 is 2.33 bits per heavy atom. The van der Waals surface area contributed by atoms with Gasteiger partial charge in [-0.2, -0.15) is 0 Å². The van der Waals surface area contributed by atoms with E-state index in [1.54, 1.807) is 0 Å². The minimum Gasteiger partial charge on any atom is -0.357 e. The van der Waals surface area contributed by atoms with Crippen molar-refractivity contribution in [2.45, 2.75) is 59.7 Å². The number of hydrogen-bond acceptors (Lipinski definition) is 4. The van der Waals surface area contributed by atoms with Gasteiger partial charge in [-0.3, -0.25) is 4.90 Å². The second kappa shape index (κ2) is 11.7. The van der Waals surface area contributed by atoms with Crippen LogP contribution in [0.25, 0.3) is 0 Å². The quantitative estimate of drug-likeness (QED) is 0.460. The standard InChI is InChI=1S/C23H40N4O2S/c1-6-24-23(26-20(4)11-12-30(5,28)29)25-14-21-7-9-22(10-8-21)17-27-15-18(2)13-19(3)16-27/h7-10,18-20H,6,11-17H2,1-5H3,(H2,24,25,26). The highest BCUT2D eigenvalue weighted by Crippen LogP contribution is 2.22. The number of nitrogens with one attached hydrogen (secondary N) is 2. The van der Waals surface area contributed by atoms with Gasteiger partial charge in [-0.05, 0) is 49.7 Å². The van der Waals surface area contributed by atoms with Crippen molar-refractivity contribution in [1.29, 1.82) is 0 Å². The van der Waals surface area contributed by atoms with Crippen molar-refractivity contribution in [3.63, 3.8) is 0 Å². The molecular formula is C23H40N4O2S. The Kier molecular flexibility index (Phi) is 9.62. The molecule has 3 atom stereocenters. The number of guanidine groups is 1. The van der Waals surface area contributed by atoms with Gasteiger partial charge in [0.2, 0.25) is 0 Å². The summed E-state index contributed by atoms with van der Waals surface area (Å²) >= 11 is 0. The molecule has 3 unspecified atom stereocenters. The first kappa shape index (κ1) is 24.7. The largest absolute Gasteiger partial charge is 0.357 e. The normalized spacial score (nSPS) is 22.0. The zero-order valence-electron chi connectivity index (χ0n) is 19.3. The van der Waals surface area contributed by atoms with Gasteiger partial charge in [0, 0.05) is 38.5 Å². The van der Waals surface area contributed by atoms with Crippen LogP contribution in [0.4, 0.5) is 0 Å². The molecule has 1 aliphatic heterocycles. The van der Waals surface area contributed by atoms with Gasteiger partial charge in [-0.25, -0.2) is 13.4 Å². The number of hydrogen-bond donors (Lipinski definition) is 2. The Bertz CT molecular complexity index is 767. The molecule has 6 nitrogen and oxygen atoms in total. The highest BCUT2D eigenvalue weighted by Gasteiger charge is 2.21. The lowest BCUT2D eigenvalue weighted by molar-refractivity contribution is 0.134. The predicted molar refractivity (Wildman–Crippen MR) is 126 cm³/mol. The van der Waals surface area contributed by atoms with Crippen LogP contribution in [0.15, 0.2) is 29.3 Å². The molecule has 7 heteroatoms. The van der Waals surface area contributed by atoms with E-state index in [9.17, 15) is 8.42 Å². The van der Waals surface area contributed by atoms with Gasteiger partial charge >= 0.3 is 0 Å². The number of sulfone groups is 1. The maximum atomic E-state index is 11.4. The molecule has 1 aliphatic rings. The van der Waals surface area contributed by atoms with Gasteiger partial charge < -0.3 is 10.6 Å². The third kappa shape index (κ3) is 9.47. The molecule has 2 rings (SSSR count). The molecule has 2 N–H and O–H groups in total. The lowest BCUT2D eigenvalue weighted by atomic mass is 9.91. The topological polar surface area (TPSA) is 73.8 Å². The summed E-state index contributed by atoms with van der Waals surface area (Å²) in [4.78, 5) is 7.23. The summed E-state index contributed by atoms with van der Waals surface area (Å²) in [6, 6.07) is 8.78. The lowest BCUT2D eigenvalue weighted by Crippen LogP contribution is -2.42. The molecule has 0 aromatic heterocycles. The molecule has 0 amide bonds. The molecular weight excluding hydrogens is 396 g/mol. The van der Waals surface area contributed by atoms with Crippen molar-refractivity contribution in [3.05, 3.63) is 35.4 Å². The van der Waals surface area contributed by atoms with Crippen molar-refractivity contribution in [1.82, 2.24) is 15.5 Å². The van der Waals surface area contributed by atoms with Crippen LogP contribution >= 0.6 is 0 Å². The highest BCUT2D eigenvalue weighted by molar-refractivity contribution is 7.90. The van der Waals surface area contributed by atoms with E-state index < -0.39 is 9.84 Å². The molecule has 170 valence electrons. The fraction of sp³-hybridized carbons (Fsp3) is 0.696. The van der Waals surface area contributed by atoms with Crippen LogP contribution in [-0.2, 0) is 22.9 Å². The SMILES string of the molecule is CCNC(=NCc1ccc(CN2CC(C)CC(C)C2)cc1)NC(C)CCS(C)(=O)=O. The van der Waals surface area contributed by atoms with Gasteiger partial charge in [0.15, 0.2) is 5.96 Å². The summed E-state index contributed by atoms with van der Waals surface area (Å²) in [5.41, 5.74) is 2.52. The third-order valence-corrected chi connectivity index (χ3v) is 6.42. The van der Waals surface area contributed by atoms with Crippen molar-refractivity contribution in [2.24, 2.45) is 16.8 Å². The van der Waals surface area contributed by atoms with E-state index in [0.29, 0.717) is 13.0 Å². The Hall–Kier alpha value is -1.60. The Morgan fingerprint density at radius 2 is 1.77 bits per heavy atom. The van der Waals surface area contributed by atoms with Crippen LogP contribution in [0.5, 0.6) is 0 Å². The van der Waals surface area contributed by atoms with E-state index >= 15 is 0 Å². The molecule has 0 aliphatic carbocycles. The van der Waals surface area contributed by atoms with Crippen LogP contribution in [0, 0.1) is 11.8 Å². The first-order chi connectivity index (χ1) is 14.1. The maximum absolute atomic E-state index is 11.4. The number of rotatable bonds is 9. The summed E-state index contributed by atoms with van der Waals surface area (Å²) in [6.45, 7) is 13.4. The van der Waals surface area contributed by atoms with Gasteiger partial charge in [0.25, 0.3) is 0 Å². The van der Waals surface area contributed by atoms with E-state index in [1.165, 1.54) is 36.9 Å². The van der Waals surface area contributed by atoms with E-state index in [1.807, 2.05) is 13.8 Å². The molecule has 1 heterocycles. The van der Waals surface area contributed by atoms with Gasteiger partial charge in [-0.15, -0.1) is 0 Å². The first-order valence-electron chi connectivity index (χ1n) is 11.2. The molecule has 1 fully saturated rings. The Balaban J connectivity index is 1.89. The molecule has 0 bridgehead atoms. The average Bonchev–Trinajstić information content (AvgIpc) is 2.64. The minimum absolute atomic E-state index is 0.0363. The molecule has 0 saturated carbocycles. The van der Waals surface area contributed by atoms with E-state index in [0.717, 1.165) is 30.9 Å². The third-order valence-electron chi connectivity index (χ3n) is 5.44. The highest BCUT2D eigenvalue weighted by atomic mass is 32.2.